The molecule has 6 unspecified atom stereocenters. The Balaban J connectivity index is 5.18. The van der Waals surface area contributed by atoms with Crippen LogP contribution in [0.3, 0.4) is 0 Å². The van der Waals surface area contributed by atoms with Crippen molar-refractivity contribution in [2.24, 2.45) is 23.7 Å². The number of rotatable bonds is 76. The molecule has 19 heteroatoms. The number of phosphoric ester groups is 2. The molecule has 0 saturated carbocycles. The lowest BCUT2D eigenvalue weighted by Crippen LogP contribution is -2.30. The maximum absolute atomic E-state index is 13.1. The van der Waals surface area contributed by atoms with E-state index in [2.05, 4.69) is 55.4 Å². The third kappa shape index (κ3) is 67.2. The second-order valence-corrected chi connectivity index (χ2v) is 32.3. The summed E-state index contributed by atoms with van der Waals surface area (Å²) in [5.74, 6) is 1.06. The molecule has 3 N–H and O–H groups in total. The molecule has 0 saturated heterocycles. The van der Waals surface area contributed by atoms with Gasteiger partial charge in [0.2, 0.25) is 0 Å². The Morgan fingerprint density at radius 3 is 0.673 bits per heavy atom. The van der Waals surface area contributed by atoms with Crippen molar-refractivity contribution in [1.82, 2.24) is 0 Å². The van der Waals surface area contributed by atoms with Crippen molar-refractivity contribution < 1.29 is 80.2 Å². The van der Waals surface area contributed by atoms with Crippen LogP contribution in [0, 0.1) is 23.7 Å². The fraction of sp³-hybridized carbons (Fsp3) is 0.949. The first-order chi connectivity index (χ1) is 47.2. The molecule has 0 aliphatic rings. The summed E-state index contributed by atoms with van der Waals surface area (Å²) in [5.41, 5.74) is 0. The Kier molecular flexibility index (Phi) is 66.8. The van der Waals surface area contributed by atoms with E-state index in [1.165, 1.54) is 199 Å². The topological polar surface area (TPSA) is 237 Å². The van der Waals surface area contributed by atoms with Crippen molar-refractivity contribution in [1.29, 1.82) is 0 Å². The number of aliphatic hydroxyl groups excluding tert-OH is 1. The van der Waals surface area contributed by atoms with E-state index in [9.17, 15) is 43.2 Å². The van der Waals surface area contributed by atoms with Gasteiger partial charge in [0.15, 0.2) is 12.2 Å². The van der Waals surface area contributed by atoms with Crippen LogP contribution in [-0.2, 0) is 65.4 Å². The molecule has 0 bridgehead atoms. The Bertz CT molecular complexity index is 1930. The van der Waals surface area contributed by atoms with E-state index in [0.717, 1.165) is 120 Å². The van der Waals surface area contributed by atoms with Gasteiger partial charge in [0.25, 0.3) is 0 Å². The number of hydrogen-bond donors (Lipinski definition) is 3. The quantitative estimate of drug-likeness (QED) is 0.0222. The molecular formula is C79H154O17P2. The fourth-order valence-corrected chi connectivity index (χ4v) is 13.5. The lowest BCUT2D eigenvalue weighted by atomic mass is 9.99. The molecule has 0 heterocycles. The molecule has 582 valence electrons. The molecule has 0 aromatic carbocycles. The molecule has 98 heavy (non-hydrogen) atoms. The minimum atomic E-state index is -4.96. The summed E-state index contributed by atoms with van der Waals surface area (Å²) < 4.78 is 68.6. The van der Waals surface area contributed by atoms with Crippen LogP contribution in [0.15, 0.2) is 0 Å². The number of carbonyl (C=O) groups excluding carboxylic acids is 4. The zero-order valence-corrected chi connectivity index (χ0v) is 66.2. The fourth-order valence-electron chi connectivity index (χ4n) is 12.0. The van der Waals surface area contributed by atoms with Gasteiger partial charge in [-0.1, -0.05) is 351 Å². The molecule has 0 aliphatic heterocycles. The first kappa shape index (κ1) is 96.1. The highest BCUT2D eigenvalue weighted by molar-refractivity contribution is 7.47. The second kappa shape index (κ2) is 68.2. The van der Waals surface area contributed by atoms with Gasteiger partial charge in [0.1, 0.15) is 19.3 Å². The van der Waals surface area contributed by atoms with Gasteiger partial charge >= 0.3 is 39.5 Å². The van der Waals surface area contributed by atoms with Crippen LogP contribution in [-0.4, -0.2) is 96.7 Å². The summed E-state index contributed by atoms with van der Waals surface area (Å²) in [6.45, 7) is 14.3. The lowest BCUT2D eigenvalue weighted by molar-refractivity contribution is -0.161. The van der Waals surface area contributed by atoms with Crippen molar-refractivity contribution in [3.05, 3.63) is 0 Å². The van der Waals surface area contributed by atoms with Crippen LogP contribution in [0.1, 0.15) is 402 Å². The number of hydrogen-bond acceptors (Lipinski definition) is 15. The van der Waals surface area contributed by atoms with Gasteiger partial charge < -0.3 is 33.8 Å². The highest BCUT2D eigenvalue weighted by Gasteiger charge is 2.30. The molecule has 17 nitrogen and oxygen atoms in total. The minimum Gasteiger partial charge on any atom is -0.462 e. The largest absolute Gasteiger partial charge is 0.472 e. The van der Waals surface area contributed by atoms with E-state index in [-0.39, 0.29) is 25.7 Å². The summed E-state index contributed by atoms with van der Waals surface area (Å²) >= 11 is 0. The summed E-state index contributed by atoms with van der Waals surface area (Å²) in [5, 5.41) is 10.6. The van der Waals surface area contributed by atoms with Gasteiger partial charge in [0.05, 0.1) is 26.4 Å². The molecule has 0 radical (unpaired) electrons. The molecule has 0 rings (SSSR count). The van der Waals surface area contributed by atoms with Gasteiger partial charge in [-0.3, -0.25) is 37.3 Å². The van der Waals surface area contributed by atoms with E-state index < -0.39 is 97.5 Å². The molecule has 0 aromatic heterocycles. The molecule has 0 aromatic rings. The highest BCUT2D eigenvalue weighted by Crippen LogP contribution is 2.45. The van der Waals surface area contributed by atoms with Crippen LogP contribution in [0.2, 0.25) is 0 Å². The summed E-state index contributed by atoms with van der Waals surface area (Å²) in [6, 6.07) is 0. The summed E-state index contributed by atoms with van der Waals surface area (Å²) in [7, 11) is -9.92. The zero-order valence-electron chi connectivity index (χ0n) is 64.4. The number of carbonyl (C=O) groups is 4. The van der Waals surface area contributed by atoms with Crippen LogP contribution in [0.25, 0.3) is 0 Å². The Labute approximate surface area is 600 Å². The Morgan fingerprint density at radius 2 is 0.459 bits per heavy atom. The average molecular weight is 1440 g/mol. The average Bonchev–Trinajstić information content (AvgIpc) is 0.993. The van der Waals surface area contributed by atoms with Crippen LogP contribution < -0.4 is 0 Å². The number of esters is 4. The smallest absolute Gasteiger partial charge is 0.462 e. The van der Waals surface area contributed by atoms with Gasteiger partial charge in [0, 0.05) is 25.7 Å². The first-order valence-corrected chi connectivity index (χ1v) is 43.8. The summed E-state index contributed by atoms with van der Waals surface area (Å²) in [6.07, 6.45) is 54.1. The standard InChI is InChI=1S/C79H154O17P2/c1-9-69(5)55-47-39-31-25-21-19-17-15-13-14-16-18-20-22-27-34-43-51-59-76(81)89-65-74(96-79(84)62-54-46-36-30-29-33-41-49-57-71(7)11-3)67-93-97(85,86)91-63-73(80)64-92-98(87,88)94-68-75(66-90-77(82)60-52-44-38-37-42-50-58-72(8)12-4)95-78(83)61-53-45-35-28-24-23-26-32-40-48-56-70(6)10-2/h69-75,80H,9-68H2,1-8H3,(H,85,86)(H,87,88)/t69?,70?,71?,72?,73-,74-,75-/m1/s1. The van der Waals surface area contributed by atoms with Crippen molar-refractivity contribution >= 4 is 39.5 Å². The number of unbranched alkanes of at least 4 members (excludes halogenated alkanes) is 38. The van der Waals surface area contributed by atoms with Crippen molar-refractivity contribution in [2.75, 3.05) is 39.6 Å². The Hall–Kier alpha value is -1.94. The molecule has 0 fully saturated rings. The lowest BCUT2D eigenvalue weighted by Gasteiger charge is -2.21. The van der Waals surface area contributed by atoms with E-state index in [4.69, 9.17) is 37.0 Å². The first-order valence-electron chi connectivity index (χ1n) is 40.9. The van der Waals surface area contributed by atoms with Gasteiger partial charge in [-0.25, -0.2) is 9.13 Å². The molecule has 0 spiro atoms. The van der Waals surface area contributed by atoms with Crippen molar-refractivity contribution in [2.45, 2.75) is 420 Å². The van der Waals surface area contributed by atoms with E-state index in [0.29, 0.717) is 25.7 Å². The molecular weight excluding hydrogens is 1280 g/mol. The third-order valence-corrected chi connectivity index (χ3v) is 21.7. The van der Waals surface area contributed by atoms with Crippen molar-refractivity contribution in [3.8, 4) is 0 Å². The predicted molar refractivity (Wildman–Crippen MR) is 400 cm³/mol. The normalized spacial score (nSPS) is 15.2. The van der Waals surface area contributed by atoms with Crippen LogP contribution in [0.5, 0.6) is 0 Å². The maximum Gasteiger partial charge on any atom is 0.472 e. The van der Waals surface area contributed by atoms with Gasteiger partial charge in [-0.05, 0) is 49.4 Å². The van der Waals surface area contributed by atoms with E-state index in [1.807, 2.05) is 0 Å². The molecule has 9 atom stereocenters. The zero-order chi connectivity index (χ0) is 72.4. The number of phosphoric acid groups is 2. The molecule has 0 amide bonds. The monoisotopic (exact) mass is 1440 g/mol. The van der Waals surface area contributed by atoms with Gasteiger partial charge in [-0.15, -0.1) is 0 Å². The predicted octanol–water partition coefficient (Wildman–Crippen LogP) is 23.2. The van der Waals surface area contributed by atoms with Crippen LogP contribution >= 0.6 is 15.6 Å². The Morgan fingerprint density at radius 1 is 0.276 bits per heavy atom. The van der Waals surface area contributed by atoms with E-state index in [1.54, 1.807) is 0 Å². The second-order valence-electron chi connectivity index (χ2n) is 29.4. The maximum atomic E-state index is 13.1. The molecule has 0 aliphatic carbocycles. The minimum absolute atomic E-state index is 0.105. The SMILES string of the molecule is CCC(C)CCCCCCCCCCCCCCCCCCCCC(=O)OC[C@H](COP(=O)(O)OC[C@@H](O)COP(=O)(O)OC[C@@H](COC(=O)CCCCCCCCC(C)CC)OC(=O)CCCCCCCCCCCCC(C)CC)OC(=O)CCCCCCCCCCC(C)CC. The van der Waals surface area contributed by atoms with E-state index >= 15 is 0 Å². The number of aliphatic hydroxyl groups is 1. The third-order valence-electron chi connectivity index (χ3n) is 19.8. The van der Waals surface area contributed by atoms with Crippen LogP contribution in [0.4, 0.5) is 0 Å². The summed E-state index contributed by atoms with van der Waals surface area (Å²) in [4.78, 5) is 72.9. The van der Waals surface area contributed by atoms with Crippen molar-refractivity contribution in [3.63, 3.8) is 0 Å². The highest BCUT2D eigenvalue weighted by atomic mass is 31.2. The van der Waals surface area contributed by atoms with Gasteiger partial charge in [-0.2, -0.15) is 0 Å². The number of ether oxygens (including phenoxy) is 4.